The topological polar surface area (TPSA) is 111 Å². The van der Waals surface area contributed by atoms with Crippen LogP contribution in [0, 0.1) is 10.1 Å². The minimum absolute atomic E-state index is 0.103. The van der Waals surface area contributed by atoms with Crippen LogP contribution in [0.15, 0.2) is 29.0 Å². The van der Waals surface area contributed by atoms with Crippen molar-refractivity contribution in [3.8, 4) is 0 Å². The van der Waals surface area contributed by atoms with Gasteiger partial charge in [-0.2, -0.15) is 4.68 Å². The first-order valence-corrected chi connectivity index (χ1v) is 4.55. The van der Waals surface area contributed by atoms with Crippen LogP contribution in [0.2, 0.25) is 0 Å². The lowest BCUT2D eigenvalue weighted by molar-refractivity contribution is -0.389. The van der Waals surface area contributed by atoms with Crippen molar-refractivity contribution in [1.29, 1.82) is 0 Å². The molecule has 0 spiro atoms. The minimum Gasteiger partial charge on any atom is -0.475 e. The van der Waals surface area contributed by atoms with Crippen molar-refractivity contribution < 1.29 is 19.2 Å². The molecule has 0 bridgehead atoms. The van der Waals surface area contributed by atoms with Crippen LogP contribution in [-0.2, 0) is 6.54 Å². The van der Waals surface area contributed by atoms with E-state index >= 15 is 0 Å². The summed E-state index contributed by atoms with van der Waals surface area (Å²) in [5.74, 6) is -1.67. The molecule has 2 heterocycles. The maximum atomic E-state index is 10.8. The minimum atomic E-state index is -1.19. The molecule has 0 fully saturated rings. The number of aromatic carboxylic acids is 1. The molecule has 8 heteroatoms. The molecular formula is C9H7N3O5. The number of aromatic nitrogens is 2. The Hall–Kier alpha value is -2.64. The monoisotopic (exact) mass is 237 g/mol. The van der Waals surface area contributed by atoms with Gasteiger partial charge >= 0.3 is 11.8 Å². The van der Waals surface area contributed by atoms with Gasteiger partial charge in [-0.05, 0) is 11.0 Å². The summed E-state index contributed by atoms with van der Waals surface area (Å²) in [6, 6.07) is 2.72. The molecule has 0 aliphatic rings. The van der Waals surface area contributed by atoms with Gasteiger partial charge in [0, 0.05) is 5.56 Å². The van der Waals surface area contributed by atoms with Gasteiger partial charge in [-0.15, -0.1) is 0 Å². The second-order valence-electron chi connectivity index (χ2n) is 3.21. The predicted octanol–water partition coefficient (Wildman–Crippen LogP) is 1.13. The van der Waals surface area contributed by atoms with E-state index in [4.69, 9.17) is 9.52 Å². The Balaban J connectivity index is 2.22. The van der Waals surface area contributed by atoms with Gasteiger partial charge in [-0.1, -0.05) is 0 Å². The van der Waals surface area contributed by atoms with Crippen LogP contribution in [-0.4, -0.2) is 25.8 Å². The molecule has 0 aliphatic heterocycles. The molecule has 2 aromatic heterocycles. The standard InChI is InChI=1S/C9H7N3O5/c13-9(14)8-6(2-4-17-8)5-11-3-1-7(10-11)12(15)16/h1-4H,5H2,(H,13,14). The maximum Gasteiger partial charge on any atom is 0.389 e. The van der Waals surface area contributed by atoms with Crippen LogP contribution in [0.5, 0.6) is 0 Å². The Morgan fingerprint density at radius 3 is 2.94 bits per heavy atom. The van der Waals surface area contributed by atoms with Gasteiger partial charge in [-0.3, -0.25) is 0 Å². The molecule has 0 aromatic carbocycles. The van der Waals surface area contributed by atoms with Gasteiger partial charge in [0.15, 0.2) is 0 Å². The van der Waals surface area contributed by atoms with Crippen LogP contribution in [0.4, 0.5) is 5.82 Å². The Labute approximate surface area is 94.2 Å². The van der Waals surface area contributed by atoms with Crippen molar-refractivity contribution in [2.24, 2.45) is 0 Å². The van der Waals surface area contributed by atoms with E-state index in [1.807, 2.05) is 0 Å². The largest absolute Gasteiger partial charge is 0.475 e. The summed E-state index contributed by atoms with van der Waals surface area (Å²) in [5, 5.41) is 22.9. The van der Waals surface area contributed by atoms with Crippen molar-refractivity contribution in [3.05, 3.63) is 46.0 Å². The zero-order valence-corrected chi connectivity index (χ0v) is 8.44. The molecule has 0 aliphatic carbocycles. The fourth-order valence-corrected chi connectivity index (χ4v) is 1.36. The summed E-state index contributed by atoms with van der Waals surface area (Å²) >= 11 is 0. The molecule has 88 valence electrons. The Morgan fingerprint density at radius 1 is 1.59 bits per heavy atom. The fourth-order valence-electron chi connectivity index (χ4n) is 1.36. The van der Waals surface area contributed by atoms with E-state index < -0.39 is 10.9 Å². The van der Waals surface area contributed by atoms with E-state index in [1.54, 1.807) is 0 Å². The molecule has 0 atom stereocenters. The van der Waals surface area contributed by atoms with E-state index in [-0.39, 0.29) is 18.1 Å². The van der Waals surface area contributed by atoms with Crippen LogP contribution in [0.25, 0.3) is 0 Å². The van der Waals surface area contributed by atoms with E-state index in [0.29, 0.717) is 5.56 Å². The quantitative estimate of drug-likeness (QED) is 0.630. The van der Waals surface area contributed by atoms with Crippen LogP contribution < -0.4 is 0 Å². The van der Waals surface area contributed by atoms with Crippen LogP contribution >= 0.6 is 0 Å². The normalized spacial score (nSPS) is 10.4. The Kier molecular flexibility index (Phi) is 2.61. The molecule has 2 rings (SSSR count). The number of hydrogen-bond donors (Lipinski definition) is 1. The number of hydrogen-bond acceptors (Lipinski definition) is 5. The highest BCUT2D eigenvalue weighted by Crippen LogP contribution is 2.13. The average Bonchev–Trinajstić information content (AvgIpc) is 2.86. The van der Waals surface area contributed by atoms with Gasteiger partial charge in [0.2, 0.25) is 5.76 Å². The molecule has 0 radical (unpaired) electrons. The molecule has 1 N–H and O–H groups in total. The van der Waals surface area contributed by atoms with Gasteiger partial charge < -0.3 is 19.6 Å². The SMILES string of the molecule is O=C(O)c1occc1Cn1ccc([N+](=O)[O-])n1. The lowest BCUT2D eigenvalue weighted by atomic mass is 10.2. The number of carboxylic acid groups (broad SMARTS) is 1. The number of furan rings is 1. The molecular weight excluding hydrogens is 230 g/mol. The molecule has 0 saturated heterocycles. The third-order valence-electron chi connectivity index (χ3n) is 2.09. The van der Waals surface area contributed by atoms with E-state index in [2.05, 4.69) is 5.10 Å². The number of nitrogens with zero attached hydrogens (tertiary/aromatic N) is 3. The Bertz CT molecular complexity index is 571. The predicted molar refractivity (Wildman–Crippen MR) is 53.7 cm³/mol. The van der Waals surface area contributed by atoms with Crippen molar-refractivity contribution in [2.75, 3.05) is 0 Å². The number of carbonyl (C=O) groups is 1. The fraction of sp³-hybridized carbons (Fsp3) is 0.111. The first-order valence-electron chi connectivity index (χ1n) is 4.55. The lowest BCUT2D eigenvalue weighted by Crippen LogP contribution is -2.05. The third kappa shape index (κ3) is 2.14. The smallest absolute Gasteiger partial charge is 0.389 e. The highest BCUT2D eigenvalue weighted by Gasteiger charge is 2.17. The maximum absolute atomic E-state index is 10.8. The molecule has 17 heavy (non-hydrogen) atoms. The zero-order valence-electron chi connectivity index (χ0n) is 8.44. The van der Waals surface area contributed by atoms with E-state index in [9.17, 15) is 14.9 Å². The second kappa shape index (κ2) is 4.08. The number of rotatable bonds is 4. The van der Waals surface area contributed by atoms with Crippen molar-refractivity contribution in [2.45, 2.75) is 6.54 Å². The average molecular weight is 237 g/mol. The lowest BCUT2D eigenvalue weighted by Gasteiger charge is -1.95. The van der Waals surface area contributed by atoms with Gasteiger partial charge in [0.1, 0.15) is 0 Å². The van der Waals surface area contributed by atoms with Crippen molar-refractivity contribution in [3.63, 3.8) is 0 Å². The molecule has 0 unspecified atom stereocenters. The van der Waals surface area contributed by atoms with Gasteiger partial charge in [0.05, 0.1) is 30.2 Å². The Morgan fingerprint density at radius 2 is 2.35 bits per heavy atom. The number of nitro groups is 1. The second-order valence-corrected chi connectivity index (χ2v) is 3.21. The van der Waals surface area contributed by atoms with E-state index in [0.717, 1.165) is 0 Å². The third-order valence-corrected chi connectivity index (χ3v) is 2.09. The first-order chi connectivity index (χ1) is 8.08. The number of carboxylic acids is 1. The molecule has 2 aromatic rings. The van der Waals surface area contributed by atoms with Crippen molar-refractivity contribution in [1.82, 2.24) is 9.78 Å². The summed E-state index contributed by atoms with van der Waals surface area (Å²) in [4.78, 5) is 20.5. The van der Waals surface area contributed by atoms with Crippen LogP contribution in [0.1, 0.15) is 16.1 Å². The summed E-state index contributed by atoms with van der Waals surface area (Å²) in [6.07, 6.45) is 2.65. The van der Waals surface area contributed by atoms with Gasteiger partial charge in [0.25, 0.3) is 0 Å². The van der Waals surface area contributed by atoms with Gasteiger partial charge in [-0.25, -0.2) is 4.79 Å². The summed E-state index contributed by atoms with van der Waals surface area (Å²) in [7, 11) is 0. The molecule has 8 nitrogen and oxygen atoms in total. The van der Waals surface area contributed by atoms with Crippen molar-refractivity contribution >= 4 is 11.8 Å². The highest BCUT2D eigenvalue weighted by atomic mass is 16.6. The first kappa shape index (κ1) is 10.9. The summed E-state index contributed by atoms with van der Waals surface area (Å²) in [6.45, 7) is 0.103. The van der Waals surface area contributed by atoms with E-state index in [1.165, 1.54) is 29.3 Å². The summed E-state index contributed by atoms with van der Waals surface area (Å²) in [5.41, 5.74) is 0.399. The summed E-state index contributed by atoms with van der Waals surface area (Å²) < 4.78 is 6.05. The highest BCUT2D eigenvalue weighted by molar-refractivity contribution is 5.86. The molecule has 0 amide bonds. The van der Waals surface area contributed by atoms with Crippen LogP contribution in [0.3, 0.4) is 0 Å². The zero-order chi connectivity index (χ0) is 12.4. The molecule has 0 saturated carbocycles.